The second-order valence-corrected chi connectivity index (χ2v) is 3.69. The Morgan fingerprint density at radius 1 is 1.64 bits per heavy atom. The van der Waals surface area contributed by atoms with E-state index in [0.29, 0.717) is 12.6 Å². The van der Waals surface area contributed by atoms with Crippen molar-refractivity contribution in [1.82, 2.24) is 10.2 Å². The van der Waals surface area contributed by atoms with Gasteiger partial charge in [-0.3, -0.25) is 0 Å². The van der Waals surface area contributed by atoms with Crippen molar-refractivity contribution in [3.63, 3.8) is 0 Å². The molecule has 1 atom stereocenters. The second kappa shape index (κ2) is 5.86. The van der Waals surface area contributed by atoms with Gasteiger partial charge in [0.15, 0.2) is 0 Å². The van der Waals surface area contributed by atoms with Gasteiger partial charge in [0.25, 0.3) is 0 Å². The number of carbonyl (C=O) groups excluding carboxylic acids is 1. The Balaban J connectivity index is 2.18. The number of carbonyl (C=O) groups is 1. The SMILES string of the molecule is CCCCOC(=O)N1CCC(NC)C1. The Kier molecular flexibility index (Phi) is 4.73. The minimum absolute atomic E-state index is 0.156. The fourth-order valence-electron chi connectivity index (χ4n) is 1.56. The Hall–Kier alpha value is -0.770. The Bertz CT molecular complexity index is 185. The number of unbranched alkanes of at least 4 members (excludes halogenated alkanes) is 1. The summed E-state index contributed by atoms with van der Waals surface area (Å²) < 4.78 is 5.12. The highest BCUT2D eigenvalue weighted by atomic mass is 16.6. The average Bonchev–Trinajstić information content (AvgIpc) is 2.66. The van der Waals surface area contributed by atoms with Crippen molar-refractivity contribution in [2.45, 2.75) is 32.2 Å². The number of nitrogens with one attached hydrogen (secondary N) is 1. The van der Waals surface area contributed by atoms with Crippen LogP contribution in [0.15, 0.2) is 0 Å². The summed E-state index contributed by atoms with van der Waals surface area (Å²) in [7, 11) is 1.93. The van der Waals surface area contributed by atoms with Crippen LogP contribution in [0.2, 0.25) is 0 Å². The molecule has 0 aromatic heterocycles. The minimum atomic E-state index is -0.156. The van der Waals surface area contributed by atoms with Crippen molar-refractivity contribution in [1.29, 1.82) is 0 Å². The first-order valence-corrected chi connectivity index (χ1v) is 5.37. The maximum Gasteiger partial charge on any atom is 0.409 e. The second-order valence-electron chi connectivity index (χ2n) is 3.69. The smallest absolute Gasteiger partial charge is 0.409 e. The normalized spacial score (nSPS) is 21.3. The van der Waals surface area contributed by atoms with E-state index in [4.69, 9.17) is 4.74 Å². The lowest BCUT2D eigenvalue weighted by Gasteiger charge is -2.15. The molecule has 1 aliphatic heterocycles. The molecule has 1 amide bonds. The number of amides is 1. The molecule has 1 heterocycles. The van der Waals surface area contributed by atoms with E-state index in [-0.39, 0.29) is 6.09 Å². The lowest BCUT2D eigenvalue weighted by Crippen LogP contribution is -2.33. The van der Waals surface area contributed by atoms with Gasteiger partial charge in [0.05, 0.1) is 6.61 Å². The molecule has 1 N–H and O–H groups in total. The molecule has 14 heavy (non-hydrogen) atoms. The van der Waals surface area contributed by atoms with E-state index in [2.05, 4.69) is 12.2 Å². The van der Waals surface area contributed by atoms with Gasteiger partial charge in [0.2, 0.25) is 0 Å². The van der Waals surface area contributed by atoms with Crippen LogP contribution in [0.4, 0.5) is 4.79 Å². The van der Waals surface area contributed by atoms with Crippen LogP contribution >= 0.6 is 0 Å². The maximum atomic E-state index is 11.5. The summed E-state index contributed by atoms with van der Waals surface area (Å²) in [5, 5.41) is 3.17. The van der Waals surface area contributed by atoms with Crippen molar-refractivity contribution in [2.75, 3.05) is 26.7 Å². The summed E-state index contributed by atoms with van der Waals surface area (Å²) in [5.74, 6) is 0. The van der Waals surface area contributed by atoms with E-state index >= 15 is 0 Å². The van der Waals surface area contributed by atoms with Crippen molar-refractivity contribution in [3.8, 4) is 0 Å². The van der Waals surface area contributed by atoms with Gasteiger partial charge < -0.3 is 15.0 Å². The number of hydrogen-bond donors (Lipinski definition) is 1. The van der Waals surface area contributed by atoms with Gasteiger partial charge in [-0.2, -0.15) is 0 Å². The Morgan fingerprint density at radius 2 is 2.43 bits per heavy atom. The average molecular weight is 200 g/mol. The molecule has 0 bridgehead atoms. The van der Waals surface area contributed by atoms with Crippen molar-refractivity contribution in [2.24, 2.45) is 0 Å². The fraction of sp³-hybridized carbons (Fsp3) is 0.900. The van der Waals surface area contributed by atoms with E-state index in [0.717, 1.165) is 32.4 Å². The van der Waals surface area contributed by atoms with Crippen molar-refractivity contribution in [3.05, 3.63) is 0 Å². The summed E-state index contributed by atoms with van der Waals surface area (Å²) >= 11 is 0. The third kappa shape index (κ3) is 3.18. The van der Waals surface area contributed by atoms with Crippen molar-refractivity contribution >= 4 is 6.09 Å². The van der Waals surface area contributed by atoms with Gasteiger partial charge in [0.1, 0.15) is 0 Å². The molecule has 1 aliphatic rings. The van der Waals surface area contributed by atoms with Crippen LogP contribution < -0.4 is 5.32 Å². The Morgan fingerprint density at radius 3 is 3.00 bits per heavy atom. The van der Waals surface area contributed by atoms with Gasteiger partial charge in [-0.15, -0.1) is 0 Å². The van der Waals surface area contributed by atoms with E-state index in [1.165, 1.54) is 0 Å². The zero-order valence-corrected chi connectivity index (χ0v) is 9.08. The molecule has 0 aromatic carbocycles. The molecular formula is C10H20N2O2. The number of hydrogen-bond acceptors (Lipinski definition) is 3. The van der Waals surface area contributed by atoms with Crippen LogP contribution in [0.3, 0.4) is 0 Å². The molecule has 1 rings (SSSR count). The first kappa shape index (κ1) is 11.3. The number of likely N-dealkylation sites (N-methyl/N-ethyl adjacent to an activating group) is 1. The molecule has 4 nitrogen and oxygen atoms in total. The molecule has 1 saturated heterocycles. The highest BCUT2D eigenvalue weighted by Crippen LogP contribution is 2.10. The number of rotatable bonds is 4. The summed E-state index contributed by atoms with van der Waals surface area (Å²) in [6.45, 7) is 4.23. The van der Waals surface area contributed by atoms with Gasteiger partial charge in [-0.05, 0) is 19.9 Å². The van der Waals surface area contributed by atoms with Gasteiger partial charge >= 0.3 is 6.09 Å². The number of likely N-dealkylation sites (tertiary alicyclic amines) is 1. The van der Waals surface area contributed by atoms with Crippen molar-refractivity contribution < 1.29 is 9.53 Å². The molecule has 0 saturated carbocycles. The van der Waals surface area contributed by atoms with Gasteiger partial charge in [0, 0.05) is 19.1 Å². The molecule has 0 radical (unpaired) electrons. The lowest BCUT2D eigenvalue weighted by atomic mass is 10.3. The first-order chi connectivity index (χ1) is 6.77. The third-order valence-corrected chi connectivity index (χ3v) is 2.58. The lowest BCUT2D eigenvalue weighted by molar-refractivity contribution is 0.108. The zero-order chi connectivity index (χ0) is 10.4. The quantitative estimate of drug-likeness (QED) is 0.694. The van der Waals surface area contributed by atoms with Crippen LogP contribution in [0.1, 0.15) is 26.2 Å². The minimum Gasteiger partial charge on any atom is -0.449 e. The molecule has 1 unspecified atom stereocenters. The fourth-order valence-corrected chi connectivity index (χ4v) is 1.56. The van der Waals surface area contributed by atoms with E-state index in [1.807, 2.05) is 7.05 Å². The van der Waals surface area contributed by atoms with Crippen LogP contribution in [0, 0.1) is 0 Å². The summed E-state index contributed by atoms with van der Waals surface area (Å²) in [6, 6.07) is 0.439. The van der Waals surface area contributed by atoms with E-state index < -0.39 is 0 Å². The predicted octanol–water partition coefficient (Wildman–Crippen LogP) is 1.22. The molecule has 82 valence electrons. The standard InChI is InChI=1S/C10H20N2O2/c1-3-4-7-14-10(13)12-6-5-9(8-12)11-2/h9,11H,3-8H2,1-2H3. The summed E-state index contributed by atoms with van der Waals surface area (Å²) in [4.78, 5) is 13.2. The Labute approximate surface area is 85.6 Å². The molecule has 1 fully saturated rings. The van der Waals surface area contributed by atoms with Crippen LogP contribution in [-0.4, -0.2) is 43.8 Å². The molecule has 0 aliphatic carbocycles. The molecular weight excluding hydrogens is 180 g/mol. The molecule has 0 aromatic rings. The zero-order valence-electron chi connectivity index (χ0n) is 9.08. The highest BCUT2D eigenvalue weighted by molar-refractivity contribution is 5.68. The van der Waals surface area contributed by atoms with Crippen LogP contribution in [-0.2, 0) is 4.74 Å². The topological polar surface area (TPSA) is 41.6 Å². The number of nitrogens with zero attached hydrogens (tertiary/aromatic N) is 1. The van der Waals surface area contributed by atoms with Crippen LogP contribution in [0.5, 0.6) is 0 Å². The largest absolute Gasteiger partial charge is 0.449 e. The monoisotopic (exact) mass is 200 g/mol. The predicted molar refractivity (Wildman–Crippen MR) is 55.3 cm³/mol. The van der Waals surface area contributed by atoms with Crippen LogP contribution in [0.25, 0.3) is 0 Å². The first-order valence-electron chi connectivity index (χ1n) is 5.37. The maximum absolute atomic E-state index is 11.5. The molecule has 4 heteroatoms. The molecule has 0 spiro atoms. The third-order valence-electron chi connectivity index (χ3n) is 2.58. The van der Waals surface area contributed by atoms with E-state index in [1.54, 1.807) is 4.90 Å². The van der Waals surface area contributed by atoms with E-state index in [9.17, 15) is 4.79 Å². The summed E-state index contributed by atoms with van der Waals surface area (Å²) in [5.41, 5.74) is 0. The highest BCUT2D eigenvalue weighted by Gasteiger charge is 2.25. The number of ether oxygens (including phenoxy) is 1. The summed E-state index contributed by atoms with van der Waals surface area (Å²) in [6.07, 6.45) is 2.89. The van der Waals surface area contributed by atoms with Gasteiger partial charge in [-0.25, -0.2) is 4.79 Å². The van der Waals surface area contributed by atoms with Gasteiger partial charge in [-0.1, -0.05) is 13.3 Å².